The van der Waals surface area contributed by atoms with Crippen molar-refractivity contribution in [3.8, 4) is 5.75 Å². The molecular weight excluding hydrogens is 396 g/mol. The van der Waals surface area contributed by atoms with E-state index in [1.807, 2.05) is 13.0 Å². The highest BCUT2D eigenvalue weighted by molar-refractivity contribution is 8.00. The Bertz CT molecular complexity index is 1250. The number of amides is 1. The number of aryl methyl sites for hydroxylation is 3. The highest BCUT2D eigenvalue weighted by atomic mass is 32.2. The van der Waals surface area contributed by atoms with Crippen LogP contribution in [-0.4, -0.2) is 30.9 Å². The predicted molar refractivity (Wildman–Crippen MR) is 121 cm³/mol. The second-order valence-corrected chi connectivity index (χ2v) is 8.70. The lowest BCUT2D eigenvalue weighted by Gasteiger charge is -2.15. The normalized spacial score (nSPS) is 12.4. The van der Waals surface area contributed by atoms with Gasteiger partial charge in [-0.05, 0) is 74.7 Å². The fraction of sp³-hybridized carbons (Fsp3) is 0.261. The molecule has 0 fully saturated rings. The van der Waals surface area contributed by atoms with Crippen molar-refractivity contribution < 1.29 is 9.90 Å². The second kappa shape index (κ2) is 7.99. The summed E-state index contributed by atoms with van der Waals surface area (Å²) in [5.41, 5.74) is 6.03. The van der Waals surface area contributed by atoms with Gasteiger partial charge in [-0.15, -0.1) is 10.2 Å². The Morgan fingerprint density at radius 2 is 1.83 bits per heavy atom. The number of phenols is 1. The molecule has 154 valence electrons. The van der Waals surface area contributed by atoms with E-state index in [2.05, 4.69) is 52.8 Å². The van der Waals surface area contributed by atoms with Gasteiger partial charge >= 0.3 is 0 Å². The number of pyridine rings is 1. The van der Waals surface area contributed by atoms with E-state index in [1.165, 1.54) is 22.7 Å². The summed E-state index contributed by atoms with van der Waals surface area (Å²) in [5, 5.41) is 22.7. The molecule has 0 bridgehead atoms. The fourth-order valence-electron chi connectivity index (χ4n) is 3.71. The maximum absolute atomic E-state index is 12.9. The molecule has 0 saturated carbocycles. The number of aromatic hydroxyl groups is 1. The number of thioether (sulfide) groups is 1. The zero-order valence-corrected chi connectivity index (χ0v) is 18.2. The summed E-state index contributed by atoms with van der Waals surface area (Å²) in [6.07, 6.45) is 0.644. The average molecular weight is 421 g/mol. The van der Waals surface area contributed by atoms with Gasteiger partial charge in [-0.2, -0.15) is 0 Å². The van der Waals surface area contributed by atoms with Crippen LogP contribution < -0.4 is 5.32 Å². The number of fused-ring (bicyclic) bond motifs is 3. The van der Waals surface area contributed by atoms with Crippen LogP contribution in [0.3, 0.4) is 0 Å². The van der Waals surface area contributed by atoms with Crippen LogP contribution in [-0.2, 0) is 4.79 Å². The molecule has 0 saturated heterocycles. The Balaban J connectivity index is 1.71. The van der Waals surface area contributed by atoms with Crippen molar-refractivity contribution in [2.24, 2.45) is 0 Å². The minimum Gasteiger partial charge on any atom is -0.508 e. The smallest absolute Gasteiger partial charge is 0.237 e. The maximum Gasteiger partial charge on any atom is 0.237 e. The van der Waals surface area contributed by atoms with Crippen LogP contribution in [0.5, 0.6) is 5.75 Å². The van der Waals surface area contributed by atoms with Crippen molar-refractivity contribution in [1.29, 1.82) is 0 Å². The molecular formula is C23H24N4O2S. The molecule has 1 amide bonds. The monoisotopic (exact) mass is 420 g/mol. The first-order valence-electron chi connectivity index (χ1n) is 9.89. The molecule has 0 aliphatic heterocycles. The molecule has 4 rings (SSSR count). The van der Waals surface area contributed by atoms with E-state index in [0.29, 0.717) is 17.3 Å². The molecule has 0 spiro atoms. The number of hydrogen-bond acceptors (Lipinski definition) is 5. The maximum atomic E-state index is 12.9. The first-order chi connectivity index (χ1) is 14.4. The van der Waals surface area contributed by atoms with Gasteiger partial charge in [0.25, 0.3) is 0 Å². The highest BCUT2D eigenvalue weighted by Gasteiger charge is 2.22. The second-order valence-electron chi connectivity index (χ2n) is 7.53. The van der Waals surface area contributed by atoms with Gasteiger partial charge in [0, 0.05) is 11.1 Å². The van der Waals surface area contributed by atoms with E-state index < -0.39 is 0 Å². The van der Waals surface area contributed by atoms with E-state index in [4.69, 9.17) is 0 Å². The van der Waals surface area contributed by atoms with Gasteiger partial charge in [-0.1, -0.05) is 30.3 Å². The Labute approximate surface area is 179 Å². The zero-order valence-electron chi connectivity index (χ0n) is 17.4. The summed E-state index contributed by atoms with van der Waals surface area (Å²) in [5.74, 6) is 0.0612. The summed E-state index contributed by atoms with van der Waals surface area (Å²) >= 11 is 1.42. The first kappa shape index (κ1) is 20.2. The number of phenolic OH excluding ortho intramolecular Hbond substituents is 1. The topological polar surface area (TPSA) is 79.5 Å². The number of benzene rings is 2. The number of nitrogens with one attached hydrogen (secondary N) is 1. The van der Waals surface area contributed by atoms with Crippen LogP contribution in [0.15, 0.2) is 47.6 Å². The molecule has 6 nitrogen and oxygen atoms in total. The summed E-state index contributed by atoms with van der Waals surface area (Å²) in [7, 11) is 0. The van der Waals surface area contributed by atoms with Crippen LogP contribution in [0, 0.1) is 20.8 Å². The summed E-state index contributed by atoms with van der Waals surface area (Å²) in [6, 6.07) is 12.8. The number of anilines is 1. The van der Waals surface area contributed by atoms with Crippen molar-refractivity contribution in [2.75, 3.05) is 5.32 Å². The van der Waals surface area contributed by atoms with E-state index in [0.717, 1.165) is 22.3 Å². The number of nitrogens with zero attached hydrogens (tertiary/aromatic N) is 3. The van der Waals surface area contributed by atoms with Crippen LogP contribution in [0.4, 0.5) is 5.69 Å². The van der Waals surface area contributed by atoms with Crippen LogP contribution in [0.2, 0.25) is 0 Å². The molecule has 2 heterocycles. The lowest BCUT2D eigenvalue weighted by molar-refractivity contribution is -0.115. The Hall–Kier alpha value is -3.06. The Morgan fingerprint density at radius 3 is 2.53 bits per heavy atom. The van der Waals surface area contributed by atoms with Gasteiger partial charge < -0.3 is 10.4 Å². The van der Waals surface area contributed by atoms with E-state index >= 15 is 0 Å². The Kier molecular flexibility index (Phi) is 5.39. The minimum atomic E-state index is -0.326. The zero-order chi connectivity index (χ0) is 21.4. The SMILES string of the molecule is CCC(Sc1nnc2cc(C)c3cc(C)cc(C)c3n12)C(=O)Nc1ccc(O)cc1. The molecule has 0 aliphatic rings. The van der Waals surface area contributed by atoms with Crippen molar-refractivity contribution in [3.05, 3.63) is 59.2 Å². The Morgan fingerprint density at radius 1 is 1.10 bits per heavy atom. The van der Waals surface area contributed by atoms with E-state index in [1.54, 1.807) is 24.3 Å². The quantitative estimate of drug-likeness (QED) is 0.350. The number of rotatable bonds is 5. The van der Waals surface area contributed by atoms with Gasteiger partial charge in [0.15, 0.2) is 10.8 Å². The largest absolute Gasteiger partial charge is 0.508 e. The molecule has 0 radical (unpaired) electrons. The van der Waals surface area contributed by atoms with Crippen LogP contribution in [0.1, 0.15) is 30.0 Å². The van der Waals surface area contributed by atoms with Crippen LogP contribution in [0.25, 0.3) is 16.6 Å². The third kappa shape index (κ3) is 3.73. The van der Waals surface area contributed by atoms with Crippen LogP contribution >= 0.6 is 11.8 Å². The van der Waals surface area contributed by atoms with E-state index in [9.17, 15) is 9.90 Å². The standard InChI is InChI=1S/C23H24N4O2S/c1-5-19(22(29)24-16-6-8-17(28)9-7-16)30-23-26-25-20-12-14(3)18-11-13(2)10-15(4)21(18)27(20)23/h6-12,19,28H,5H2,1-4H3,(H,24,29). The van der Waals surface area contributed by atoms with Crippen molar-refractivity contribution in [2.45, 2.75) is 44.5 Å². The summed E-state index contributed by atoms with van der Waals surface area (Å²) in [4.78, 5) is 12.9. The van der Waals surface area contributed by atoms with Crippen molar-refractivity contribution in [1.82, 2.24) is 14.6 Å². The lowest BCUT2D eigenvalue weighted by atomic mass is 10.0. The van der Waals surface area contributed by atoms with E-state index in [-0.39, 0.29) is 16.9 Å². The van der Waals surface area contributed by atoms with Gasteiger partial charge in [-0.25, -0.2) is 0 Å². The van der Waals surface area contributed by atoms with Crippen molar-refractivity contribution in [3.63, 3.8) is 0 Å². The lowest BCUT2D eigenvalue weighted by Crippen LogP contribution is -2.24. The summed E-state index contributed by atoms with van der Waals surface area (Å²) < 4.78 is 2.05. The number of aromatic nitrogens is 3. The third-order valence-corrected chi connectivity index (χ3v) is 6.45. The molecule has 2 aromatic heterocycles. The molecule has 7 heteroatoms. The van der Waals surface area contributed by atoms with Crippen molar-refractivity contribution >= 4 is 39.9 Å². The molecule has 0 aliphatic carbocycles. The van der Waals surface area contributed by atoms with Gasteiger partial charge in [0.2, 0.25) is 5.91 Å². The fourth-order valence-corrected chi connectivity index (χ4v) is 4.67. The first-order valence-corrected chi connectivity index (χ1v) is 10.8. The van der Waals surface area contributed by atoms with Gasteiger partial charge in [0.1, 0.15) is 5.75 Å². The average Bonchev–Trinajstić information content (AvgIpc) is 3.09. The summed E-state index contributed by atoms with van der Waals surface area (Å²) in [6.45, 7) is 8.26. The molecule has 1 atom stereocenters. The third-order valence-electron chi connectivity index (χ3n) is 5.14. The highest BCUT2D eigenvalue weighted by Crippen LogP contribution is 2.31. The van der Waals surface area contributed by atoms with Gasteiger partial charge in [-0.3, -0.25) is 9.20 Å². The number of hydrogen-bond donors (Lipinski definition) is 2. The number of carbonyl (C=O) groups is 1. The molecule has 2 N–H and O–H groups in total. The molecule has 1 unspecified atom stereocenters. The van der Waals surface area contributed by atoms with Gasteiger partial charge in [0.05, 0.1) is 10.8 Å². The molecule has 2 aromatic carbocycles. The minimum absolute atomic E-state index is 0.103. The molecule has 4 aromatic rings. The number of carbonyl (C=O) groups excluding carboxylic acids is 1. The predicted octanol–water partition coefficient (Wildman–Crippen LogP) is 5.02. The molecule has 30 heavy (non-hydrogen) atoms.